The van der Waals surface area contributed by atoms with Gasteiger partial charge < -0.3 is 10.6 Å². The molecular weight excluding hydrogens is 572 g/mol. The van der Waals surface area contributed by atoms with Crippen LogP contribution in [0.4, 0.5) is 11.8 Å². The van der Waals surface area contributed by atoms with Crippen molar-refractivity contribution in [3.05, 3.63) is 102 Å². The van der Waals surface area contributed by atoms with Gasteiger partial charge in [0.25, 0.3) is 0 Å². The number of imidazole rings is 1. The molecule has 1 saturated heterocycles. The SMILES string of the molecule is C[C@@H]1CN(Cc2ccc(-n3c(-c4cccnc4N)nc4ccc(-c5ccccc5)nc43)cc2)C[C@H](C)N1c1ncnc(Cl)n1. The average molecular weight is 603 g/mol. The molecule has 5 heterocycles. The van der Waals surface area contributed by atoms with Crippen molar-refractivity contribution in [3.8, 4) is 28.3 Å². The van der Waals surface area contributed by atoms with Gasteiger partial charge in [0.1, 0.15) is 17.7 Å². The molecule has 4 aromatic heterocycles. The van der Waals surface area contributed by atoms with Crippen LogP contribution in [0.25, 0.3) is 39.5 Å². The smallest absolute Gasteiger partial charge is 0.230 e. The van der Waals surface area contributed by atoms with Crippen LogP contribution in [0.2, 0.25) is 5.28 Å². The molecular formula is C33H31ClN10. The zero-order chi connectivity index (χ0) is 30.2. The number of hydrogen-bond donors (Lipinski definition) is 1. The Morgan fingerprint density at radius 1 is 0.818 bits per heavy atom. The summed E-state index contributed by atoms with van der Waals surface area (Å²) in [6, 6.07) is 27.0. The quantitative estimate of drug-likeness (QED) is 0.257. The Balaban J connectivity index is 1.20. The molecule has 0 saturated carbocycles. The zero-order valence-corrected chi connectivity index (χ0v) is 25.2. The molecule has 220 valence electrons. The van der Waals surface area contributed by atoms with E-state index < -0.39 is 0 Å². The molecule has 0 amide bonds. The molecule has 1 aliphatic heterocycles. The molecule has 0 spiro atoms. The highest BCUT2D eigenvalue weighted by atomic mass is 35.5. The van der Waals surface area contributed by atoms with Gasteiger partial charge in [0.15, 0.2) is 11.5 Å². The molecule has 0 radical (unpaired) electrons. The topological polar surface area (TPSA) is 115 Å². The Kier molecular flexibility index (Phi) is 7.37. The van der Waals surface area contributed by atoms with Crippen LogP contribution in [0.1, 0.15) is 19.4 Å². The number of benzene rings is 2. The maximum absolute atomic E-state index is 6.34. The molecule has 0 bridgehead atoms. The summed E-state index contributed by atoms with van der Waals surface area (Å²) in [5.74, 6) is 1.75. The predicted octanol–water partition coefficient (Wildman–Crippen LogP) is 5.67. The van der Waals surface area contributed by atoms with Crippen LogP contribution in [0.15, 0.2) is 91.4 Å². The molecule has 7 rings (SSSR count). The fourth-order valence-corrected chi connectivity index (χ4v) is 6.24. The number of piperazine rings is 1. The fraction of sp³-hybridized carbons (Fsp3) is 0.212. The second-order valence-electron chi connectivity index (χ2n) is 11.1. The Bertz CT molecular complexity index is 1910. The van der Waals surface area contributed by atoms with Crippen LogP contribution in [0.5, 0.6) is 0 Å². The highest BCUT2D eigenvalue weighted by molar-refractivity contribution is 6.28. The van der Waals surface area contributed by atoms with Crippen LogP contribution in [-0.4, -0.2) is 64.5 Å². The first-order valence-corrected chi connectivity index (χ1v) is 14.9. The summed E-state index contributed by atoms with van der Waals surface area (Å²) in [7, 11) is 0. The number of aromatic nitrogens is 7. The van der Waals surface area contributed by atoms with Gasteiger partial charge in [-0.15, -0.1) is 0 Å². The number of pyridine rings is 2. The molecule has 2 N–H and O–H groups in total. The lowest BCUT2D eigenvalue weighted by Gasteiger charge is -2.44. The van der Waals surface area contributed by atoms with Gasteiger partial charge >= 0.3 is 0 Å². The molecule has 0 unspecified atom stereocenters. The third-order valence-electron chi connectivity index (χ3n) is 8.01. The number of nitrogen functional groups attached to an aromatic ring is 1. The lowest BCUT2D eigenvalue weighted by molar-refractivity contribution is 0.191. The van der Waals surface area contributed by atoms with Gasteiger partial charge in [-0.25, -0.2) is 24.9 Å². The second-order valence-corrected chi connectivity index (χ2v) is 11.5. The van der Waals surface area contributed by atoms with E-state index in [1.54, 1.807) is 6.20 Å². The van der Waals surface area contributed by atoms with E-state index in [2.05, 4.69) is 84.5 Å². The maximum Gasteiger partial charge on any atom is 0.230 e. The second kappa shape index (κ2) is 11.6. The molecule has 2 atom stereocenters. The minimum atomic E-state index is 0.212. The number of hydrogen-bond acceptors (Lipinski definition) is 9. The van der Waals surface area contributed by atoms with Crippen molar-refractivity contribution in [1.29, 1.82) is 0 Å². The lowest BCUT2D eigenvalue weighted by Crippen LogP contribution is -2.57. The molecule has 1 aliphatic rings. The monoisotopic (exact) mass is 602 g/mol. The minimum Gasteiger partial charge on any atom is -0.383 e. The molecule has 10 nitrogen and oxygen atoms in total. The summed E-state index contributed by atoms with van der Waals surface area (Å²) >= 11 is 6.05. The number of nitrogens with zero attached hydrogens (tertiary/aromatic N) is 9. The Morgan fingerprint density at radius 2 is 1.59 bits per heavy atom. The molecule has 1 fully saturated rings. The predicted molar refractivity (Wildman–Crippen MR) is 173 cm³/mol. The minimum absolute atomic E-state index is 0.212. The van der Waals surface area contributed by atoms with Crippen LogP contribution >= 0.6 is 11.6 Å². The summed E-state index contributed by atoms with van der Waals surface area (Å²) < 4.78 is 2.07. The Hall–Kier alpha value is -4.93. The fourth-order valence-electron chi connectivity index (χ4n) is 6.12. The number of halogens is 1. The van der Waals surface area contributed by atoms with Gasteiger partial charge in [0.2, 0.25) is 11.2 Å². The van der Waals surface area contributed by atoms with Crippen molar-refractivity contribution in [3.63, 3.8) is 0 Å². The van der Waals surface area contributed by atoms with Crippen molar-refractivity contribution >= 4 is 34.5 Å². The van der Waals surface area contributed by atoms with Crippen molar-refractivity contribution in [2.45, 2.75) is 32.5 Å². The van der Waals surface area contributed by atoms with E-state index in [1.165, 1.54) is 11.9 Å². The van der Waals surface area contributed by atoms with Crippen LogP contribution in [0, 0.1) is 0 Å². The lowest BCUT2D eigenvalue weighted by atomic mass is 10.1. The van der Waals surface area contributed by atoms with Crippen LogP contribution in [-0.2, 0) is 6.54 Å². The zero-order valence-electron chi connectivity index (χ0n) is 24.4. The summed E-state index contributed by atoms with van der Waals surface area (Å²) in [6.45, 7) is 6.95. The maximum atomic E-state index is 6.34. The van der Waals surface area contributed by atoms with E-state index >= 15 is 0 Å². The first-order valence-electron chi connectivity index (χ1n) is 14.5. The van der Waals surface area contributed by atoms with Gasteiger partial charge in [-0.05, 0) is 67.4 Å². The van der Waals surface area contributed by atoms with Crippen LogP contribution < -0.4 is 10.6 Å². The average Bonchev–Trinajstić information content (AvgIpc) is 3.40. The van der Waals surface area contributed by atoms with Crippen molar-refractivity contribution < 1.29 is 0 Å². The Labute approximate surface area is 260 Å². The standard InChI is InChI=1S/C33H31ClN10/c1-21-17-42(18-22(2)43(21)33-38-20-37-32(34)41-33)19-23-10-12-25(13-11-23)44-30(26-9-6-16-36-29(26)35)40-28-15-14-27(39-31(28)44)24-7-4-3-5-8-24/h3-16,20-22H,17-19H2,1-2H3,(H2,35,36)/t21-,22+. The van der Waals surface area contributed by atoms with Gasteiger partial charge in [-0.3, -0.25) is 9.47 Å². The van der Waals surface area contributed by atoms with Gasteiger partial charge in [0.05, 0.1) is 11.3 Å². The summed E-state index contributed by atoms with van der Waals surface area (Å²) in [5, 5.41) is 0.212. The third kappa shape index (κ3) is 5.34. The summed E-state index contributed by atoms with van der Waals surface area (Å²) in [6.07, 6.45) is 3.15. The molecule has 2 aromatic carbocycles. The van der Waals surface area contributed by atoms with E-state index in [1.807, 2.05) is 42.5 Å². The number of rotatable bonds is 6. The van der Waals surface area contributed by atoms with Gasteiger partial charge in [-0.1, -0.05) is 42.5 Å². The highest BCUT2D eigenvalue weighted by Gasteiger charge is 2.31. The number of anilines is 2. The van der Waals surface area contributed by atoms with E-state index in [0.29, 0.717) is 17.6 Å². The van der Waals surface area contributed by atoms with Crippen molar-refractivity contribution in [1.82, 2.24) is 39.4 Å². The number of nitrogens with two attached hydrogens (primary N) is 1. The van der Waals surface area contributed by atoms with E-state index in [9.17, 15) is 0 Å². The van der Waals surface area contributed by atoms with Gasteiger partial charge in [0, 0.05) is 49.2 Å². The molecule has 6 aromatic rings. The molecule has 11 heteroatoms. The van der Waals surface area contributed by atoms with E-state index in [4.69, 9.17) is 27.3 Å². The third-order valence-corrected chi connectivity index (χ3v) is 8.19. The summed E-state index contributed by atoms with van der Waals surface area (Å²) in [5.41, 5.74) is 12.7. The van der Waals surface area contributed by atoms with E-state index in [0.717, 1.165) is 53.3 Å². The summed E-state index contributed by atoms with van der Waals surface area (Å²) in [4.78, 5) is 31.7. The highest BCUT2D eigenvalue weighted by Crippen LogP contribution is 2.32. The molecule has 0 aliphatic carbocycles. The normalized spacial score (nSPS) is 17.3. The van der Waals surface area contributed by atoms with Crippen LogP contribution in [0.3, 0.4) is 0 Å². The number of fused-ring (bicyclic) bond motifs is 1. The van der Waals surface area contributed by atoms with Gasteiger partial charge in [-0.2, -0.15) is 4.98 Å². The van der Waals surface area contributed by atoms with E-state index in [-0.39, 0.29) is 17.4 Å². The first-order chi connectivity index (χ1) is 21.4. The van der Waals surface area contributed by atoms with Crippen molar-refractivity contribution in [2.75, 3.05) is 23.7 Å². The Morgan fingerprint density at radius 3 is 2.32 bits per heavy atom. The largest absolute Gasteiger partial charge is 0.383 e. The van der Waals surface area contributed by atoms with Crippen molar-refractivity contribution in [2.24, 2.45) is 0 Å². The first kappa shape index (κ1) is 27.9. The molecule has 44 heavy (non-hydrogen) atoms.